The summed E-state index contributed by atoms with van der Waals surface area (Å²) in [5.41, 5.74) is 9.01. The molecule has 1 saturated heterocycles. The van der Waals surface area contributed by atoms with Crippen molar-refractivity contribution < 1.29 is 9.59 Å². The van der Waals surface area contributed by atoms with Crippen LogP contribution in [0.1, 0.15) is 36.9 Å². The molecule has 0 aliphatic carbocycles. The Bertz CT molecular complexity index is 1080. The van der Waals surface area contributed by atoms with Crippen molar-refractivity contribution in [3.8, 4) is 10.6 Å². The van der Waals surface area contributed by atoms with Gasteiger partial charge >= 0.3 is 11.8 Å². The molecule has 7 nitrogen and oxygen atoms in total. The van der Waals surface area contributed by atoms with Crippen LogP contribution >= 0.6 is 11.3 Å². The normalized spacial score (nSPS) is 18.6. The van der Waals surface area contributed by atoms with Crippen LogP contribution < -0.4 is 11.1 Å². The van der Waals surface area contributed by atoms with Crippen molar-refractivity contribution in [3.05, 3.63) is 59.2 Å². The van der Waals surface area contributed by atoms with E-state index in [9.17, 15) is 9.59 Å². The average molecular weight is 436 g/mol. The Hall–Kier alpha value is -3.26. The van der Waals surface area contributed by atoms with Gasteiger partial charge in [0, 0.05) is 23.7 Å². The number of pyridine rings is 1. The summed E-state index contributed by atoms with van der Waals surface area (Å²) in [7, 11) is 0. The first-order valence-electron chi connectivity index (χ1n) is 10.3. The lowest BCUT2D eigenvalue weighted by molar-refractivity contribution is -0.146. The Labute approximate surface area is 185 Å². The SMILES string of the molecule is Cc1cc(NC(=O)C(=O)N2C[C@@H](C)CC[C@@H]2c2ccc(-c3nccs3)cc2)cnc1N. The summed E-state index contributed by atoms with van der Waals surface area (Å²) >= 11 is 1.59. The molecular weight excluding hydrogens is 410 g/mol. The van der Waals surface area contributed by atoms with E-state index < -0.39 is 11.8 Å². The van der Waals surface area contributed by atoms with Crippen LogP contribution in [0.5, 0.6) is 0 Å². The molecule has 0 bridgehead atoms. The van der Waals surface area contributed by atoms with Gasteiger partial charge < -0.3 is 16.0 Å². The van der Waals surface area contributed by atoms with Crippen LogP contribution in [0.3, 0.4) is 0 Å². The maximum absolute atomic E-state index is 13.1. The molecule has 3 N–H and O–H groups in total. The van der Waals surface area contributed by atoms with Crippen LogP contribution in [0.4, 0.5) is 11.5 Å². The highest BCUT2D eigenvalue weighted by atomic mass is 32.1. The number of piperidine rings is 1. The molecule has 2 aromatic heterocycles. The molecular formula is C23H25N5O2S. The minimum Gasteiger partial charge on any atom is -0.383 e. The van der Waals surface area contributed by atoms with Gasteiger partial charge in [-0.1, -0.05) is 31.2 Å². The number of thiazole rings is 1. The van der Waals surface area contributed by atoms with Crippen molar-refractivity contribution in [2.24, 2.45) is 5.92 Å². The first kappa shape index (κ1) is 21.0. The predicted octanol–water partition coefficient (Wildman–Crippen LogP) is 4.03. The summed E-state index contributed by atoms with van der Waals surface area (Å²) in [5.74, 6) is -0.460. The van der Waals surface area contributed by atoms with Gasteiger partial charge in [0.25, 0.3) is 0 Å². The number of carbonyl (C=O) groups is 2. The molecule has 1 aliphatic rings. The molecule has 3 aromatic rings. The number of nitrogens with one attached hydrogen (secondary N) is 1. The van der Waals surface area contributed by atoms with Crippen molar-refractivity contribution in [2.75, 3.05) is 17.6 Å². The number of nitrogens with zero attached hydrogens (tertiary/aromatic N) is 3. The second-order valence-electron chi connectivity index (χ2n) is 8.00. The molecule has 2 atom stereocenters. The van der Waals surface area contributed by atoms with E-state index >= 15 is 0 Å². The Morgan fingerprint density at radius 3 is 2.65 bits per heavy atom. The Morgan fingerprint density at radius 2 is 1.97 bits per heavy atom. The van der Waals surface area contributed by atoms with E-state index in [0.717, 1.165) is 34.5 Å². The smallest absolute Gasteiger partial charge is 0.313 e. The van der Waals surface area contributed by atoms with E-state index in [0.29, 0.717) is 24.0 Å². The summed E-state index contributed by atoms with van der Waals surface area (Å²) in [6, 6.07) is 9.69. The molecule has 160 valence electrons. The zero-order chi connectivity index (χ0) is 22.0. The Kier molecular flexibility index (Phi) is 5.99. The van der Waals surface area contributed by atoms with Gasteiger partial charge in [0.15, 0.2) is 0 Å². The topological polar surface area (TPSA) is 101 Å². The molecule has 1 aromatic carbocycles. The minimum absolute atomic E-state index is 0.133. The lowest BCUT2D eigenvalue weighted by atomic mass is 9.89. The fraction of sp³-hybridized carbons (Fsp3) is 0.304. The van der Waals surface area contributed by atoms with Crippen LogP contribution in [0.25, 0.3) is 10.6 Å². The number of aromatic nitrogens is 2. The van der Waals surface area contributed by atoms with Crippen molar-refractivity contribution in [1.82, 2.24) is 14.9 Å². The van der Waals surface area contributed by atoms with Gasteiger partial charge in [0.05, 0.1) is 17.9 Å². The van der Waals surface area contributed by atoms with E-state index in [1.165, 1.54) is 6.20 Å². The minimum atomic E-state index is -0.663. The number of benzene rings is 1. The third-order valence-electron chi connectivity index (χ3n) is 5.62. The number of hydrogen-bond acceptors (Lipinski definition) is 6. The van der Waals surface area contributed by atoms with E-state index in [-0.39, 0.29) is 6.04 Å². The van der Waals surface area contributed by atoms with Crippen LogP contribution in [-0.2, 0) is 9.59 Å². The van der Waals surface area contributed by atoms with Gasteiger partial charge in [-0.25, -0.2) is 9.97 Å². The highest BCUT2D eigenvalue weighted by molar-refractivity contribution is 7.13. The van der Waals surface area contributed by atoms with Gasteiger partial charge in [-0.3, -0.25) is 9.59 Å². The highest BCUT2D eigenvalue weighted by Gasteiger charge is 2.34. The molecule has 4 rings (SSSR count). The number of hydrogen-bond donors (Lipinski definition) is 2. The summed E-state index contributed by atoms with van der Waals surface area (Å²) in [4.78, 5) is 35.9. The molecule has 0 spiro atoms. The van der Waals surface area contributed by atoms with E-state index in [2.05, 4.69) is 22.2 Å². The second kappa shape index (κ2) is 8.85. The lowest BCUT2D eigenvalue weighted by Gasteiger charge is -2.38. The van der Waals surface area contributed by atoms with Gasteiger partial charge in [-0.15, -0.1) is 11.3 Å². The van der Waals surface area contributed by atoms with Crippen LogP contribution in [0.15, 0.2) is 48.1 Å². The molecule has 1 aliphatic heterocycles. The standard InChI is InChI=1S/C23H25N5O2S/c1-14-3-8-19(16-4-6-17(7-5-16)22-25-9-10-31-22)28(13-14)23(30)21(29)27-18-11-15(2)20(24)26-12-18/h4-7,9-12,14,19H,3,8,13H2,1-2H3,(H2,24,26)(H,27,29)/t14-,19+/m0/s1. The fourth-order valence-corrected chi connectivity index (χ4v) is 4.55. The molecule has 0 radical (unpaired) electrons. The lowest BCUT2D eigenvalue weighted by Crippen LogP contribution is -2.46. The Morgan fingerprint density at radius 1 is 1.19 bits per heavy atom. The maximum Gasteiger partial charge on any atom is 0.313 e. The number of amides is 2. The average Bonchev–Trinajstić information content (AvgIpc) is 3.31. The van der Waals surface area contributed by atoms with Gasteiger partial charge in [0.1, 0.15) is 10.8 Å². The second-order valence-corrected chi connectivity index (χ2v) is 8.89. The van der Waals surface area contributed by atoms with Crippen molar-refractivity contribution in [3.63, 3.8) is 0 Å². The first-order valence-corrected chi connectivity index (χ1v) is 11.1. The number of likely N-dealkylation sites (tertiary alicyclic amines) is 1. The number of nitrogen functional groups attached to an aromatic ring is 1. The predicted molar refractivity (Wildman–Crippen MR) is 122 cm³/mol. The summed E-state index contributed by atoms with van der Waals surface area (Å²) in [5, 5.41) is 5.58. The quantitative estimate of drug-likeness (QED) is 0.605. The first-order chi connectivity index (χ1) is 14.9. The van der Waals surface area contributed by atoms with Crippen molar-refractivity contribution in [1.29, 1.82) is 0 Å². The molecule has 31 heavy (non-hydrogen) atoms. The number of anilines is 2. The van der Waals surface area contributed by atoms with Crippen LogP contribution in [0, 0.1) is 12.8 Å². The summed E-state index contributed by atoms with van der Waals surface area (Å²) in [6.07, 6.45) is 5.07. The van der Waals surface area contributed by atoms with Gasteiger partial charge in [-0.2, -0.15) is 0 Å². The number of aryl methyl sites for hydroxylation is 1. The van der Waals surface area contributed by atoms with Crippen molar-refractivity contribution in [2.45, 2.75) is 32.7 Å². The molecule has 2 amide bonds. The fourth-order valence-electron chi connectivity index (χ4n) is 3.91. The van der Waals surface area contributed by atoms with Crippen molar-refractivity contribution >= 4 is 34.7 Å². The molecule has 0 unspecified atom stereocenters. The van der Waals surface area contributed by atoms with E-state index in [1.807, 2.05) is 29.6 Å². The third-order valence-corrected chi connectivity index (χ3v) is 6.45. The molecule has 3 heterocycles. The number of rotatable bonds is 3. The Balaban J connectivity index is 1.53. The highest BCUT2D eigenvalue weighted by Crippen LogP contribution is 2.34. The summed E-state index contributed by atoms with van der Waals surface area (Å²) in [6.45, 7) is 4.45. The maximum atomic E-state index is 13.1. The van der Waals surface area contributed by atoms with Crippen LogP contribution in [-0.4, -0.2) is 33.2 Å². The van der Waals surface area contributed by atoms with Gasteiger partial charge in [-0.05, 0) is 42.9 Å². The van der Waals surface area contributed by atoms with E-state index in [4.69, 9.17) is 5.73 Å². The number of nitrogens with two attached hydrogens (primary N) is 1. The number of carbonyl (C=O) groups excluding carboxylic acids is 2. The molecule has 0 saturated carbocycles. The van der Waals surface area contributed by atoms with E-state index in [1.54, 1.807) is 35.4 Å². The third kappa shape index (κ3) is 4.59. The zero-order valence-electron chi connectivity index (χ0n) is 17.5. The molecule has 1 fully saturated rings. The molecule has 8 heteroatoms. The zero-order valence-corrected chi connectivity index (χ0v) is 18.4. The monoisotopic (exact) mass is 435 g/mol. The van der Waals surface area contributed by atoms with Gasteiger partial charge in [0.2, 0.25) is 0 Å². The van der Waals surface area contributed by atoms with Crippen LogP contribution in [0.2, 0.25) is 0 Å². The largest absolute Gasteiger partial charge is 0.383 e. The summed E-state index contributed by atoms with van der Waals surface area (Å²) < 4.78 is 0.